The van der Waals surface area contributed by atoms with Crippen molar-refractivity contribution in [3.8, 4) is 0 Å². The fraction of sp³-hybridized carbons (Fsp3) is 0.417. The molecule has 0 aromatic heterocycles. The summed E-state index contributed by atoms with van der Waals surface area (Å²) in [7, 11) is 0. The quantitative estimate of drug-likeness (QED) is 0.834. The van der Waals surface area contributed by atoms with Crippen LogP contribution < -0.4 is 0 Å². The van der Waals surface area contributed by atoms with Crippen LogP contribution in [0.5, 0.6) is 0 Å². The van der Waals surface area contributed by atoms with Gasteiger partial charge in [-0.05, 0) is 49.8 Å². The molecular formula is C12H14O2S2. The Morgan fingerprint density at radius 3 is 2.19 bits per heavy atom. The SMILES string of the molecule is CSc1ccc(SC2(C(=O)O)CCC2)cc1. The maximum absolute atomic E-state index is 11.2. The molecule has 0 saturated heterocycles. The Bertz CT molecular complexity index is 383. The second kappa shape index (κ2) is 4.72. The van der Waals surface area contributed by atoms with E-state index in [4.69, 9.17) is 0 Å². The number of carbonyl (C=O) groups is 1. The van der Waals surface area contributed by atoms with Crippen molar-refractivity contribution in [3.63, 3.8) is 0 Å². The average molecular weight is 254 g/mol. The van der Waals surface area contributed by atoms with Crippen LogP contribution >= 0.6 is 23.5 Å². The smallest absolute Gasteiger partial charge is 0.320 e. The van der Waals surface area contributed by atoms with E-state index in [1.54, 1.807) is 11.8 Å². The Morgan fingerprint density at radius 1 is 1.25 bits per heavy atom. The van der Waals surface area contributed by atoms with Gasteiger partial charge in [-0.2, -0.15) is 0 Å². The molecule has 1 saturated carbocycles. The number of aliphatic carboxylic acids is 1. The lowest BCUT2D eigenvalue weighted by Crippen LogP contribution is -2.41. The monoisotopic (exact) mass is 254 g/mol. The molecule has 1 aromatic carbocycles. The Morgan fingerprint density at radius 2 is 1.81 bits per heavy atom. The summed E-state index contributed by atoms with van der Waals surface area (Å²) in [6.07, 6.45) is 4.64. The summed E-state index contributed by atoms with van der Waals surface area (Å²) >= 11 is 3.19. The number of thioether (sulfide) groups is 2. The number of carboxylic acids is 1. The molecule has 1 N–H and O–H groups in total. The molecular weight excluding hydrogens is 240 g/mol. The maximum atomic E-state index is 11.2. The molecule has 4 heteroatoms. The minimum absolute atomic E-state index is 0.555. The highest BCUT2D eigenvalue weighted by Gasteiger charge is 2.45. The molecule has 1 aliphatic carbocycles. The van der Waals surface area contributed by atoms with E-state index in [-0.39, 0.29) is 0 Å². The van der Waals surface area contributed by atoms with Gasteiger partial charge in [0.25, 0.3) is 0 Å². The largest absolute Gasteiger partial charge is 0.480 e. The molecule has 0 aliphatic heterocycles. The van der Waals surface area contributed by atoms with E-state index in [1.807, 2.05) is 30.5 Å². The number of carboxylic acid groups (broad SMARTS) is 1. The summed E-state index contributed by atoms with van der Waals surface area (Å²) in [4.78, 5) is 13.5. The maximum Gasteiger partial charge on any atom is 0.320 e. The molecule has 2 rings (SSSR count). The van der Waals surface area contributed by atoms with Gasteiger partial charge in [-0.15, -0.1) is 23.5 Å². The van der Waals surface area contributed by atoms with Crippen molar-refractivity contribution >= 4 is 29.5 Å². The topological polar surface area (TPSA) is 37.3 Å². The molecule has 1 aliphatic rings. The third-order valence-corrected chi connectivity index (χ3v) is 5.15. The van der Waals surface area contributed by atoms with Crippen molar-refractivity contribution in [2.24, 2.45) is 0 Å². The van der Waals surface area contributed by atoms with Gasteiger partial charge in [0.15, 0.2) is 0 Å². The van der Waals surface area contributed by atoms with Crippen molar-refractivity contribution in [1.29, 1.82) is 0 Å². The van der Waals surface area contributed by atoms with Gasteiger partial charge in [0.1, 0.15) is 4.75 Å². The van der Waals surface area contributed by atoms with Crippen LogP contribution in [0.1, 0.15) is 19.3 Å². The molecule has 0 heterocycles. The number of rotatable bonds is 4. The van der Waals surface area contributed by atoms with Gasteiger partial charge < -0.3 is 5.11 Å². The first-order chi connectivity index (χ1) is 7.66. The molecule has 2 nitrogen and oxygen atoms in total. The summed E-state index contributed by atoms with van der Waals surface area (Å²) in [6, 6.07) is 8.11. The van der Waals surface area contributed by atoms with Crippen LogP contribution in [0, 0.1) is 0 Å². The zero-order chi connectivity index (χ0) is 11.6. The summed E-state index contributed by atoms with van der Waals surface area (Å²) in [5.41, 5.74) is 0. The van der Waals surface area contributed by atoms with Crippen molar-refractivity contribution in [3.05, 3.63) is 24.3 Å². The van der Waals surface area contributed by atoms with Crippen LogP contribution in [-0.4, -0.2) is 22.1 Å². The van der Waals surface area contributed by atoms with E-state index in [2.05, 4.69) is 0 Å². The second-order valence-electron chi connectivity index (χ2n) is 3.93. The molecule has 0 bridgehead atoms. The Hall–Kier alpha value is -0.610. The molecule has 16 heavy (non-hydrogen) atoms. The Kier molecular flexibility index (Phi) is 3.50. The molecule has 0 amide bonds. The van der Waals surface area contributed by atoms with E-state index >= 15 is 0 Å². The van der Waals surface area contributed by atoms with Gasteiger partial charge in [-0.1, -0.05) is 0 Å². The van der Waals surface area contributed by atoms with E-state index < -0.39 is 10.7 Å². The number of benzene rings is 1. The van der Waals surface area contributed by atoms with Gasteiger partial charge in [-0.3, -0.25) is 4.79 Å². The van der Waals surface area contributed by atoms with Gasteiger partial charge in [0.05, 0.1) is 0 Å². The molecule has 0 radical (unpaired) electrons. The number of hydrogen-bond donors (Lipinski definition) is 1. The van der Waals surface area contributed by atoms with E-state index in [1.165, 1.54) is 16.7 Å². The average Bonchev–Trinajstić information content (AvgIpc) is 2.24. The Labute approximate surface area is 104 Å². The van der Waals surface area contributed by atoms with Gasteiger partial charge in [0.2, 0.25) is 0 Å². The predicted molar refractivity (Wildman–Crippen MR) is 68.3 cm³/mol. The highest BCUT2D eigenvalue weighted by Crippen LogP contribution is 2.47. The molecule has 86 valence electrons. The molecule has 0 atom stereocenters. The fourth-order valence-electron chi connectivity index (χ4n) is 1.73. The lowest BCUT2D eigenvalue weighted by molar-refractivity contribution is -0.142. The predicted octanol–water partition coefficient (Wildman–Crippen LogP) is 3.51. The summed E-state index contributed by atoms with van der Waals surface area (Å²) in [5.74, 6) is -0.669. The van der Waals surface area contributed by atoms with Crippen LogP contribution in [0.15, 0.2) is 34.1 Å². The van der Waals surface area contributed by atoms with Crippen molar-refractivity contribution in [2.45, 2.75) is 33.8 Å². The van der Waals surface area contributed by atoms with Crippen LogP contribution in [0.25, 0.3) is 0 Å². The molecule has 1 aromatic rings. The van der Waals surface area contributed by atoms with E-state index in [9.17, 15) is 9.90 Å². The minimum atomic E-state index is -0.669. The molecule has 1 fully saturated rings. The third-order valence-electron chi connectivity index (χ3n) is 2.92. The van der Waals surface area contributed by atoms with E-state index in [0.29, 0.717) is 0 Å². The van der Waals surface area contributed by atoms with Gasteiger partial charge >= 0.3 is 5.97 Å². The van der Waals surface area contributed by atoms with Crippen molar-refractivity contribution < 1.29 is 9.90 Å². The second-order valence-corrected chi connectivity index (χ2v) is 6.27. The minimum Gasteiger partial charge on any atom is -0.480 e. The van der Waals surface area contributed by atoms with Gasteiger partial charge in [-0.25, -0.2) is 0 Å². The summed E-state index contributed by atoms with van der Waals surface area (Å²) in [5, 5.41) is 9.22. The first-order valence-electron chi connectivity index (χ1n) is 5.23. The van der Waals surface area contributed by atoms with Crippen molar-refractivity contribution in [2.75, 3.05) is 6.26 Å². The van der Waals surface area contributed by atoms with Gasteiger partial charge in [0, 0.05) is 9.79 Å². The lowest BCUT2D eigenvalue weighted by Gasteiger charge is -2.36. The van der Waals surface area contributed by atoms with Crippen molar-refractivity contribution in [1.82, 2.24) is 0 Å². The first-order valence-corrected chi connectivity index (χ1v) is 7.27. The third kappa shape index (κ3) is 2.23. The summed E-state index contributed by atoms with van der Waals surface area (Å²) in [6.45, 7) is 0. The van der Waals surface area contributed by atoms with E-state index in [0.717, 1.165) is 24.2 Å². The lowest BCUT2D eigenvalue weighted by atomic mass is 9.84. The highest BCUT2D eigenvalue weighted by atomic mass is 32.2. The zero-order valence-electron chi connectivity index (χ0n) is 9.10. The summed E-state index contributed by atoms with van der Waals surface area (Å²) < 4.78 is -0.555. The molecule has 0 unspecified atom stereocenters. The van der Waals surface area contributed by atoms with Crippen LogP contribution in [0.2, 0.25) is 0 Å². The van der Waals surface area contributed by atoms with Crippen LogP contribution in [0.4, 0.5) is 0 Å². The Balaban J connectivity index is 2.10. The highest BCUT2D eigenvalue weighted by molar-refractivity contribution is 8.01. The zero-order valence-corrected chi connectivity index (χ0v) is 10.7. The standard InChI is InChI=1S/C12H14O2S2/c1-15-9-3-5-10(6-4-9)16-12(11(13)14)7-2-8-12/h3-6H,2,7-8H2,1H3,(H,13,14). The number of hydrogen-bond acceptors (Lipinski definition) is 3. The van der Waals surface area contributed by atoms with Crippen LogP contribution in [-0.2, 0) is 4.79 Å². The first kappa shape index (κ1) is 11.9. The fourth-order valence-corrected chi connectivity index (χ4v) is 3.44. The molecule has 0 spiro atoms. The normalized spacial score (nSPS) is 17.8. The van der Waals surface area contributed by atoms with Crippen LogP contribution in [0.3, 0.4) is 0 Å².